The van der Waals surface area contributed by atoms with Crippen LogP contribution in [0.25, 0.3) is 0 Å². The molecule has 1 aromatic carbocycles. The van der Waals surface area contributed by atoms with Crippen molar-refractivity contribution in [2.75, 3.05) is 0 Å². The van der Waals surface area contributed by atoms with Gasteiger partial charge in [-0.25, -0.2) is 9.18 Å². The quantitative estimate of drug-likeness (QED) is 0.0877. The molecular weight excluding hydrogens is 535 g/mol. The van der Waals surface area contributed by atoms with Crippen molar-refractivity contribution in [1.82, 2.24) is 0 Å². The Hall–Kier alpha value is -2.96. The number of carbonyl (C=O) groups is 3. The Morgan fingerprint density at radius 1 is 0.881 bits per heavy atom. The number of benzene rings is 1. The molecule has 0 amide bonds. The summed E-state index contributed by atoms with van der Waals surface area (Å²) in [7, 11) is 0. The summed E-state index contributed by atoms with van der Waals surface area (Å²) in [6.07, 6.45) is 19.1. The van der Waals surface area contributed by atoms with Crippen LogP contribution in [0.5, 0.6) is 0 Å². The number of carboxylic acid groups (broad SMARTS) is 1. The number of esters is 2. The molecule has 1 N–H and O–H groups in total. The number of rotatable bonds is 21. The van der Waals surface area contributed by atoms with Crippen molar-refractivity contribution in [2.45, 2.75) is 135 Å². The average Bonchev–Trinajstić information content (AvgIpc) is 2.97. The molecular formula is C35H51FO6. The van der Waals surface area contributed by atoms with Crippen molar-refractivity contribution in [3.63, 3.8) is 0 Å². The standard InChI is InChI=1S/C35H51FO6/c1-4-6-8-10-12-13-15-17-23-32(37)42-35(25-24-28(33(38)39)26-31(35)36)30-22-19-18-21-29(30)34(40)41-27(3)20-16-14-11-9-7-5-2/h18-19,21-22,24-28H,4-17,20,23H2,1-3H3,(H,38,39). The van der Waals surface area contributed by atoms with Crippen LogP contribution < -0.4 is 0 Å². The molecule has 0 aliphatic heterocycles. The molecule has 234 valence electrons. The molecule has 0 spiro atoms. The fraction of sp³-hybridized carbons (Fsp3) is 0.629. The topological polar surface area (TPSA) is 89.9 Å². The van der Waals surface area contributed by atoms with E-state index in [0.717, 1.165) is 44.6 Å². The van der Waals surface area contributed by atoms with Crippen molar-refractivity contribution < 1.29 is 33.4 Å². The van der Waals surface area contributed by atoms with Crippen LogP contribution in [0, 0.1) is 5.92 Å². The smallest absolute Gasteiger partial charge is 0.338 e. The predicted octanol–water partition coefficient (Wildman–Crippen LogP) is 9.38. The highest BCUT2D eigenvalue weighted by Crippen LogP contribution is 2.42. The predicted molar refractivity (Wildman–Crippen MR) is 164 cm³/mol. The normalized spacial score (nSPS) is 18.8. The van der Waals surface area contributed by atoms with Crippen molar-refractivity contribution in [1.29, 1.82) is 0 Å². The molecule has 0 bridgehead atoms. The second kappa shape index (κ2) is 19.3. The molecule has 2 rings (SSSR count). The van der Waals surface area contributed by atoms with E-state index in [-0.39, 0.29) is 23.7 Å². The van der Waals surface area contributed by atoms with Gasteiger partial charge in [0.15, 0.2) is 0 Å². The third-order valence-electron chi connectivity index (χ3n) is 7.83. The van der Waals surface area contributed by atoms with Gasteiger partial charge in [0.25, 0.3) is 0 Å². The van der Waals surface area contributed by atoms with Crippen molar-refractivity contribution in [2.24, 2.45) is 5.92 Å². The lowest BCUT2D eigenvalue weighted by Gasteiger charge is -2.33. The molecule has 1 aromatic rings. The number of unbranched alkanes of at least 4 members (excludes halogenated alkanes) is 12. The molecule has 0 fully saturated rings. The van der Waals surface area contributed by atoms with E-state index in [1.54, 1.807) is 12.1 Å². The number of carbonyl (C=O) groups excluding carboxylic acids is 2. The van der Waals surface area contributed by atoms with E-state index in [9.17, 15) is 19.5 Å². The Morgan fingerprint density at radius 3 is 2.05 bits per heavy atom. The van der Waals surface area contributed by atoms with Gasteiger partial charge in [-0.05, 0) is 44.4 Å². The lowest BCUT2D eigenvalue weighted by atomic mass is 9.82. The number of aliphatic carboxylic acids is 1. The van der Waals surface area contributed by atoms with E-state index in [4.69, 9.17) is 9.47 Å². The summed E-state index contributed by atoms with van der Waals surface area (Å²) in [5, 5.41) is 9.44. The first-order chi connectivity index (χ1) is 20.2. The molecule has 0 saturated heterocycles. The van der Waals surface area contributed by atoms with Crippen LogP contribution in [0.4, 0.5) is 4.39 Å². The highest BCUT2D eigenvalue weighted by atomic mass is 19.1. The molecule has 7 heteroatoms. The average molecular weight is 587 g/mol. The molecule has 6 nitrogen and oxygen atoms in total. The number of carboxylic acids is 1. The molecule has 42 heavy (non-hydrogen) atoms. The zero-order valence-electron chi connectivity index (χ0n) is 25.9. The highest BCUT2D eigenvalue weighted by Gasteiger charge is 2.44. The van der Waals surface area contributed by atoms with E-state index in [1.165, 1.54) is 69.2 Å². The molecule has 0 radical (unpaired) electrons. The Morgan fingerprint density at radius 2 is 1.45 bits per heavy atom. The molecule has 0 heterocycles. The highest BCUT2D eigenvalue weighted by molar-refractivity contribution is 5.92. The van der Waals surface area contributed by atoms with Gasteiger partial charge in [-0.2, -0.15) is 0 Å². The Kier molecular flexibility index (Phi) is 16.2. The molecule has 0 aromatic heterocycles. The van der Waals surface area contributed by atoms with Crippen molar-refractivity contribution >= 4 is 17.9 Å². The lowest BCUT2D eigenvalue weighted by molar-refractivity contribution is -0.155. The number of hydrogen-bond donors (Lipinski definition) is 1. The van der Waals surface area contributed by atoms with Crippen LogP contribution in [-0.4, -0.2) is 29.1 Å². The minimum atomic E-state index is -2.04. The lowest BCUT2D eigenvalue weighted by Crippen LogP contribution is -2.36. The van der Waals surface area contributed by atoms with Crippen LogP contribution in [-0.2, 0) is 24.7 Å². The van der Waals surface area contributed by atoms with Gasteiger partial charge in [0.1, 0.15) is 5.83 Å². The minimum Gasteiger partial charge on any atom is -0.481 e. The SMILES string of the molecule is CCCCCCCCCCC(=O)OC1(c2ccccc2C(=O)OC(C)CCCCCCCC)C=CC(C(=O)O)C=C1F. The minimum absolute atomic E-state index is 0.0779. The zero-order chi connectivity index (χ0) is 30.8. The summed E-state index contributed by atoms with van der Waals surface area (Å²) in [4.78, 5) is 37.9. The molecule has 3 unspecified atom stereocenters. The molecule has 1 aliphatic carbocycles. The summed E-state index contributed by atoms with van der Waals surface area (Å²) >= 11 is 0. The third kappa shape index (κ3) is 11.4. The van der Waals surface area contributed by atoms with Gasteiger partial charge in [0.05, 0.1) is 17.6 Å². The monoisotopic (exact) mass is 586 g/mol. The summed E-state index contributed by atoms with van der Waals surface area (Å²) in [5.41, 5.74) is -1.85. The Balaban J connectivity index is 2.15. The molecule has 0 saturated carbocycles. The van der Waals surface area contributed by atoms with Gasteiger partial charge < -0.3 is 14.6 Å². The van der Waals surface area contributed by atoms with Gasteiger partial charge in [-0.3, -0.25) is 9.59 Å². The Bertz CT molecular complexity index is 1050. The maximum atomic E-state index is 15.9. The second-order valence-corrected chi connectivity index (χ2v) is 11.5. The molecule has 3 atom stereocenters. The zero-order valence-corrected chi connectivity index (χ0v) is 25.9. The van der Waals surface area contributed by atoms with Crippen molar-refractivity contribution in [3.05, 3.63) is 59.4 Å². The maximum absolute atomic E-state index is 15.9. The van der Waals surface area contributed by atoms with Crippen LogP contribution >= 0.6 is 0 Å². The van der Waals surface area contributed by atoms with Gasteiger partial charge in [0.2, 0.25) is 5.60 Å². The first kappa shape index (κ1) is 35.2. The second-order valence-electron chi connectivity index (χ2n) is 11.5. The van der Waals surface area contributed by atoms with Gasteiger partial charge in [-0.15, -0.1) is 0 Å². The van der Waals surface area contributed by atoms with Gasteiger partial charge in [0, 0.05) is 12.0 Å². The summed E-state index contributed by atoms with van der Waals surface area (Å²) in [6, 6.07) is 6.32. The number of halogens is 1. The van der Waals surface area contributed by atoms with Crippen LogP contribution in [0.1, 0.15) is 139 Å². The van der Waals surface area contributed by atoms with E-state index < -0.39 is 35.3 Å². The number of hydrogen-bond acceptors (Lipinski definition) is 5. The first-order valence-electron chi connectivity index (χ1n) is 16.1. The van der Waals surface area contributed by atoms with E-state index in [1.807, 2.05) is 6.92 Å². The largest absolute Gasteiger partial charge is 0.481 e. The van der Waals surface area contributed by atoms with E-state index in [0.29, 0.717) is 12.8 Å². The van der Waals surface area contributed by atoms with Crippen LogP contribution in [0.15, 0.2) is 48.3 Å². The van der Waals surface area contributed by atoms with Gasteiger partial charge in [-0.1, -0.05) is 115 Å². The number of ether oxygens (including phenoxy) is 2. The van der Waals surface area contributed by atoms with E-state index in [2.05, 4.69) is 13.8 Å². The Labute approximate surface area is 251 Å². The van der Waals surface area contributed by atoms with Crippen LogP contribution in [0.3, 0.4) is 0 Å². The summed E-state index contributed by atoms with van der Waals surface area (Å²) in [5.74, 6) is -4.62. The summed E-state index contributed by atoms with van der Waals surface area (Å²) < 4.78 is 27.4. The van der Waals surface area contributed by atoms with E-state index >= 15 is 4.39 Å². The van der Waals surface area contributed by atoms with Gasteiger partial charge >= 0.3 is 17.9 Å². The fourth-order valence-corrected chi connectivity index (χ4v) is 5.30. The summed E-state index contributed by atoms with van der Waals surface area (Å²) in [6.45, 7) is 6.19. The molecule has 1 aliphatic rings. The first-order valence-corrected chi connectivity index (χ1v) is 16.1. The maximum Gasteiger partial charge on any atom is 0.338 e. The van der Waals surface area contributed by atoms with Crippen LogP contribution in [0.2, 0.25) is 0 Å². The fourth-order valence-electron chi connectivity index (χ4n) is 5.30. The van der Waals surface area contributed by atoms with Crippen molar-refractivity contribution in [3.8, 4) is 0 Å². The third-order valence-corrected chi connectivity index (χ3v) is 7.83.